The van der Waals surface area contributed by atoms with Crippen molar-refractivity contribution in [3.8, 4) is 5.75 Å². The molecule has 33 heavy (non-hydrogen) atoms. The normalized spacial score (nSPS) is 20.4. The van der Waals surface area contributed by atoms with Crippen molar-refractivity contribution in [1.29, 1.82) is 0 Å². The Hall–Kier alpha value is -2.64. The van der Waals surface area contributed by atoms with Gasteiger partial charge in [-0.05, 0) is 61.9 Å². The van der Waals surface area contributed by atoms with Gasteiger partial charge in [0.2, 0.25) is 15.9 Å². The molecule has 0 aliphatic carbocycles. The van der Waals surface area contributed by atoms with Gasteiger partial charge in [0.15, 0.2) is 0 Å². The molecule has 2 aliphatic heterocycles. The number of nitrogens with zero attached hydrogens (tertiary/aromatic N) is 2. The summed E-state index contributed by atoms with van der Waals surface area (Å²) in [6.45, 7) is 4.10. The van der Waals surface area contributed by atoms with Gasteiger partial charge < -0.3 is 9.64 Å². The molecule has 2 aliphatic rings. The first-order chi connectivity index (χ1) is 16.0. The van der Waals surface area contributed by atoms with E-state index in [4.69, 9.17) is 4.74 Å². The Kier molecular flexibility index (Phi) is 7.50. The van der Waals surface area contributed by atoms with E-state index >= 15 is 0 Å². The summed E-state index contributed by atoms with van der Waals surface area (Å²) in [6.07, 6.45) is 4.68. The molecule has 1 atom stereocenters. The smallest absolute Gasteiger partial charge is 0.236 e. The minimum Gasteiger partial charge on any atom is -0.494 e. The van der Waals surface area contributed by atoms with E-state index in [0.717, 1.165) is 36.3 Å². The SMILES string of the molecule is CCOc1ccc(C2CCCN2C(=O)C2CCN(S(=O)(=O)C=Cc3ccccc3)CC2)cc1. The van der Waals surface area contributed by atoms with Gasteiger partial charge in [0.25, 0.3) is 0 Å². The van der Waals surface area contributed by atoms with E-state index in [-0.39, 0.29) is 17.9 Å². The average Bonchev–Trinajstić information content (AvgIpc) is 3.34. The minimum absolute atomic E-state index is 0.0868. The van der Waals surface area contributed by atoms with Crippen molar-refractivity contribution in [2.24, 2.45) is 5.92 Å². The molecular formula is C26H32N2O4S. The lowest BCUT2D eigenvalue weighted by molar-refractivity contribution is -0.137. The van der Waals surface area contributed by atoms with Crippen LogP contribution < -0.4 is 4.74 Å². The van der Waals surface area contributed by atoms with Crippen LogP contribution in [0.15, 0.2) is 60.0 Å². The third kappa shape index (κ3) is 5.65. The van der Waals surface area contributed by atoms with E-state index in [0.29, 0.717) is 32.5 Å². The summed E-state index contributed by atoms with van der Waals surface area (Å²) in [5.41, 5.74) is 1.98. The molecule has 0 aromatic heterocycles. The summed E-state index contributed by atoms with van der Waals surface area (Å²) in [5, 5.41) is 1.27. The molecule has 1 unspecified atom stereocenters. The van der Waals surface area contributed by atoms with Crippen LogP contribution in [-0.4, -0.2) is 49.8 Å². The van der Waals surface area contributed by atoms with E-state index in [1.54, 1.807) is 6.08 Å². The summed E-state index contributed by atoms with van der Waals surface area (Å²) in [7, 11) is -3.50. The van der Waals surface area contributed by atoms with E-state index < -0.39 is 10.0 Å². The fourth-order valence-electron chi connectivity index (χ4n) is 4.74. The van der Waals surface area contributed by atoms with Crippen molar-refractivity contribution < 1.29 is 17.9 Å². The first-order valence-electron chi connectivity index (χ1n) is 11.7. The molecule has 0 spiro atoms. The topological polar surface area (TPSA) is 66.9 Å². The molecule has 2 heterocycles. The highest BCUT2D eigenvalue weighted by atomic mass is 32.2. The van der Waals surface area contributed by atoms with Gasteiger partial charge in [-0.15, -0.1) is 0 Å². The fourth-order valence-corrected chi connectivity index (χ4v) is 5.96. The lowest BCUT2D eigenvalue weighted by Crippen LogP contribution is -2.43. The summed E-state index contributed by atoms with van der Waals surface area (Å²) in [5.74, 6) is 0.869. The van der Waals surface area contributed by atoms with E-state index in [1.165, 1.54) is 9.71 Å². The summed E-state index contributed by atoms with van der Waals surface area (Å²) in [4.78, 5) is 15.3. The number of carbonyl (C=O) groups is 1. The number of piperidine rings is 1. The third-order valence-corrected chi connectivity index (χ3v) is 8.07. The van der Waals surface area contributed by atoms with Gasteiger partial charge in [0.1, 0.15) is 5.75 Å². The second-order valence-corrected chi connectivity index (χ2v) is 10.4. The molecule has 2 saturated heterocycles. The maximum absolute atomic E-state index is 13.3. The quantitative estimate of drug-likeness (QED) is 0.602. The summed E-state index contributed by atoms with van der Waals surface area (Å²) in [6, 6.07) is 17.5. The van der Waals surface area contributed by atoms with Crippen LogP contribution in [0.4, 0.5) is 0 Å². The number of benzene rings is 2. The third-order valence-electron chi connectivity index (χ3n) is 6.51. The van der Waals surface area contributed by atoms with Gasteiger partial charge in [-0.2, -0.15) is 4.31 Å². The van der Waals surface area contributed by atoms with Gasteiger partial charge in [-0.3, -0.25) is 4.79 Å². The summed E-state index contributed by atoms with van der Waals surface area (Å²) >= 11 is 0. The van der Waals surface area contributed by atoms with Gasteiger partial charge in [0, 0.05) is 31.0 Å². The van der Waals surface area contributed by atoms with Gasteiger partial charge in [0.05, 0.1) is 12.6 Å². The lowest BCUT2D eigenvalue weighted by Gasteiger charge is -2.34. The number of carbonyl (C=O) groups excluding carboxylic acids is 1. The Bertz CT molecular complexity index is 1060. The van der Waals surface area contributed by atoms with Crippen molar-refractivity contribution in [2.45, 2.75) is 38.6 Å². The Balaban J connectivity index is 1.36. The Morgan fingerprint density at radius 3 is 2.36 bits per heavy atom. The van der Waals surface area contributed by atoms with Crippen LogP contribution in [0.2, 0.25) is 0 Å². The molecule has 1 amide bonds. The zero-order valence-corrected chi connectivity index (χ0v) is 19.9. The maximum Gasteiger partial charge on any atom is 0.236 e. The van der Waals surface area contributed by atoms with E-state index in [1.807, 2.05) is 54.3 Å². The van der Waals surface area contributed by atoms with Crippen molar-refractivity contribution in [3.63, 3.8) is 0 Å². The van der Waals surface area contributed by atoms with Gasteiger partial charge in [-0.1, -0.05) is 42.5 Å². The zero-order valence-electron chi connectivity index (χ0n) is 19.1. The van der Waals surface area contributed by atoms with Crippen LogP contribution in [0.25, 0.3) is 6.08 Å². The van der Waals surface area contributed by atoms with Crippen LogP contribution in [0.1, 0.15) is 49.8 Å². The standard InChI is InChI=1S/C26H32N2O4S/c1-2-32-24-12-10-22(11-13-24)25-9-6-17-28(25)26(29)23-14-18-27(19-15-23)33(30,31)20-16-21-7-4-3-5-8-21/h3-5,7-8,10-13,16,20,23,25H,2,6,9,14-15,17-19H2,1H3. The highest BCUT2D eigenvalue weighted by Gasteiger charge is 2.36. The fraction of sp³-hybridized carbons (Fsp3) is 0.423. The van der Waals surface area contributed by atoms with Crippen molar-refractivity contribution in [1.82, 2.24) is 9.21 Å². The number of amides is 1. The number of hydrogen-bond donors (Lipinski definition) is 0. The Morgan fingerprint density at radius 1 is 1.00 bits per heavy atom. The first kappa shape index (κ1) is 23.5. The molecule has 0 bridgehead atoms. The van der Waals surface area contributed by atoms with Crippen LogP contribution in [-0.2, 0) is 14.8 Å². The highest BCUT2D eigenvalue weighted by molar-refractivity contribution is 7.92. The molecule has 2 aromatic rings. The molecule has 4 rings (SSSR count). The molecule has 176 valence electrons. The Labute approximate surface area is 196 Å². The lowest BCUT2D eigenvalue weighted by atomic mass is 9.95. The van der Waals surface area contributed by atoms with Crippen LogP contribution >= 0.6 is 0 Å². The van der Waals surface area contributed by atoms with Crippen LogP contribution in [0, 0.1) is 5.92 Å². The predicted molar refractivity (Wildman–Crippen MR) is 130 cm³/mol. The molecule has 6 nitrogen and oxygen atoms in total. The zero-order chi connectivity index (χ0) is 23.3. The van der Waals surface area contributed by atoms with E-state index in [9.17, 15) is 13.2 Å². The monoisotopic (exact) mass is 468 g/mol. The number of hydrogen-bond acceptors (Lipinski definition) is 4. The second kappa shape index (κ2) is 10.5. The first-order valence-corrected chi connectivity index (χ1v) is 13.2. The van der Waals surface area contributed by atoms with Crippen molar-refractivity contribution in [3.05, 3.63) is 71.1 Å². The molecule has 0 N–H and O–H groups in total. The number of rotatable bonds is 7. The molecule has 0 saturated carbocycles. The largest absolute Gasteiger partial charge is 0.494 e. The predicted octanol–water partition coefficient (Wildman–Crippen LogP) is 4.46. The van der Waals surface area contributed by atoms with Crippen molar-refractivity contribution in [2.75, 3.05) is 26.2 Å². The molecule has 2 aromatic carbocycles. The van der Waals surface area contributed by atoms with Crippen LogP contribution in [0.5, 0.6) is 5.75 Å². The number of sulfonamides is 1. The molecule has 7 heteroatoms. The van der Waals surface area contributed by atoms with E-state index in [2.05, 4.69) is 12.1 Å². The Morgan fingerprint density at radius 2 is 1.70 bits per heavy atom. The maximum atomic E-state index is 13.3. The number of ether oxygens (including phenoxy) is 1. The summed E-state index contributed by atoms with van der Waals surface area (Å²) < 4.78 is 32.5. The van der Waals surface area contributed by atoms with Gasteiger partial charge in [-0.25, -0.2) is 8.42 Å². The number of likely N-dealkylation sites (tertiary alicyclic amines) is 1. The minimum atomic E-state index is -3.50. The van der Waals surface area contributed by atoms with Crippen molar-refractivity contribution >= 4 is 22.0 Å². The highest BCUT2D eigenvalue weighted by Crippen LogP contribution is 2.35. The van der Waals surface area contributed by atoms with Crippen LogP contribution in [0.3, 0.4) is 0 Å². The average molecular weight is 469 g/mol. The molecule has 2 fully saturated rings. The van der Waals surface area contributed by atoms with Gasteiger partial charge >= 0.3 is 0 Å². The second-order valence-electron chi connectivity index (χ2n) is 8.62. The molecule has 0 radical (unpaired) electrons. The molecular weight excluding hydrogens is 436 g/mol.